The summed E-state index contributed by atoms with van der Waals surface area (Å²) in [5.41, 5.74) is 2.66. The number of aliphatic hydroxyl groups excluding tert-OH is 1. The van der Waals surface area contributed by atoms with Crippen molar-refractivity contribution < 1.29 is 58.4 Å². The lowest BCUT2D eigenvalue weighted by molar-refractivity contribution is -0.144. The van der Waals surface area contributed by atoms with E-state index in [1.54, 1.807) is 75.8 Å². The number of thiazole rings is 6. The van der Waals surface area contributed by atoms with Gasteiger partial charge in [0.05, 0.1) is 47.1 Å². The maximum Gasteiger partial charge on any atom is 0.306 e. The van der Waals surface area contributed by atoms with Crippen LogP contribution in [0.5, 0.6) is 0 Å². The highest BCUT2D eigenvalue weighted by atomic mass is 32.1. The zero-order valence-corrected chi connectivity index (χ0v) is 54.8. The molecular formula is C61H64N12O12S6. The molecule has 10 rings (SSSR count). The third-order valence-electron chi connectivity index (χ3n) is 15.6. The molecule has 0 unspecified atom stereocenters. The first-order chi connectivity index (χ1) is 43.8. The quantitative estimate of drug-likeness (QED) is 0.0442. The standard InChI is InChI=1S/C61H64N12O12S6/c1-29(2)35-21-41(74)47-30(3)90-58(71-47)37(22-44(75)62-4)65-52(80)39-26-86-54(67-39)34-18-19-36(56-69-43(28-89-56)73(20-10-9-13-46(77)78)60(82)32-14-16-33(17-15-32)61(83)84)64-48(34)38-25-87-57(66-38)40-27-88-59(68-40)50(51(79)31-11-7-6-8-12-31)70-45(76)23-63-53(81)49-42(24-85-5)91-55(35)72-49/h6-8,11-12,18-19,25-29,32-33,35,37,50-51,79H,9-10,13-17,20-24H2,1-5H3,(H,62,75)(H,63,81)(H,65,80)(H,70,76)(H,77,78)(H,83,84)/t32?,33?,35-,37-,50-,51-/m0/s1. The number of Topliss-reactive ketones (excluding diaryl/α,β-unsaturated/α-hetero) is 1. The molecule has 7 N–H and O–H groups in total. The number of fused-ring (bicyclic) bond motifs is 14. The number of pyridine rings is 1. The molecule has 1 saturated carbocycles. The summed E-state index contributed by atoms with van der Waals surface area (Å²) in [6, 6.07) is 10.2. The number of carbonyl (C=O) groups excluding carboxylic acids is 6. The lowest BCUT2D eigenvalue weighted by Crippen LogP contribution is -2.40. The smallest absolute Gasteiger partial charge is 0.306 e. The number of amides is 5. The van der Waals surface area contributed by atoms with Gasteiger partial charge in [-0.15, -0.1) is 68.0 Å². The number of unbranched alkanes of at least 4 members (excludes halogenated alkanes) is 1. The van der Waals surface area contributed by atoms with Crippen LogP contribution in [0.3, 0.4) is 0 Å². The molecule has 0 spiro atoms. The molecule has 1 aliphatic heterocycles. The van der Waals surface area contributed by atoms with Gasteiger partial charge < -0.3 is 41.3 Å². The summed E-state index contributed by atoms with van der Waals surface area (Å²) in [5.74, 6) is -6.02. The Morgan fingerprint density at radius 2 is 1.41 bits per heavy atom. The first-order valence-electron chi connectivity index (χ1n) is 29.2. The molecule has 8 heterocycles. The second-order valence-electron chi connectivity index (χ2n) is 22.2. The Kier molecular flexibility index (Phi) is 21.4. The molecule has 476 valence electrons. The molecule has 5 amide bonds. The van der Waals surface area contributed by atoms with Crippen molar-refractivity contribution >= 4 is 121 Å². The summed E-state index contributed by atoms with van der Waals surface area (Å²) in [6.45, 7) is 5.30. The summed E-state index contributed by atoms with van der Waals surface area (Å²) >= 11 is 7.21. The molecule has 1 aliphatic carbocycles. The van der Waals surface area contributed by atoms with Crippen LogP contribution in [-0.4, -0.2) is 125 Å². The van der Waals surface area contributed by atoms with Crippen LogP contribution in [0.1, 0.15) is 158 Å². The highest BCUT2D eigenvalue weighted by Crippen LogP contribution is 2.42. The number of ether oxygens (including phenoxy) is 1. The van der Waals surface area contributed by atoms with Crippen molar-refractivity contribution in [2.75, 3.05) is 32.1 Å². The van der Waals surface area contributed by atoms with Crippen molar-refractivity contribution in [3.63, 3.8) is 0 Å². The van der Waals surface area contributed by atoms with E-state index < -0.39 is 78.1 Å². The molecule has 4 atom stereocenters. The zero-order chi connectivity index (χ0) is 64.6. The number of nitrogens with zero attached hydrogens (tertiary/aromatic N) is 8. The molecule has 0 saturated heterocycles. The Labute approximate surface area is 546 Å². The third kappa shape index (κ3) is 15.5. The van der Waals surface area contributed by atoms with Gasteiger partial charge in [0, 0.05) is 77.3 Å². The number of carboxylic acid groups (broad SMARTS) is 2. The lowest BCUT2D eigenvalue weighted by Gasteiger charge is -2.30. The van der Waals surface area contributed by atoms with Gasteiger partial charge in [0.1, 0.15) is 77.2 Å². The Bertz CT molecular complexity index is 4000. The molecule has 30 heteroatoms. The van der Waals surface area contributed by atoms with Gasteiger partial charge in [0.25, 0.3) is 11.8 Å². The highest BCUT2D eigenvalue weighted by molar-refractivity contribution is 7.15. The van der Waals surface area contributed by atoms with Crippen molar-refractivity contribution in [2.24, 2.45) is 17.8 Å². The van der Waals surface area contributed by atoms with E-state index in [0.29, 0.717) is 118 Å². The Morgan fingerprint density at radius 1 is 0.714 bits per heavy atom. The molecule has 8 aromatic rings. The summed E-state index contributed by atoms with van der Waals surface area (Å²) in [4.78, 5) is 145. The van der Waals surface area contributed by atoms with E-state index in [9.17, 15) is 53.7 Å². The number of aliphatic hydroxyl groups is 1. The molecule has 7 aromatic heterocycles. The number of methoxy groups -OCH3 is 1. The van der Waals surface area contributed by atoms with E-state index in [4.69, 9.17) is 39.6 Å². The van der Waals surface area contributed by atoms with Gasteiger partial charge in [-0.25, -0.2) is 34.9 Å². The average Bonchev–Trinajstić information content (AvgIpc) is 1.87. The van der Waals surface area contributed by atoms with Crippen molar-refractivity contribution in [3.05, 3.63) is 111 Å². The minimum Gasteiger partial charge on any atom is -0.481 e. The predicted octanol–water partition coefficient (Wildman–Crippen LogP) is 9.68. The number of rotatable bonds is 16. The van der Waals surface area contributed by atoms with Gasteiger partial charge in [-0.2, -0.15) is 0 Å². The van der Waals surface area contributed by atoms with Crippen LogP contribution in [-0.2, 0) is 35.3 Å². The summed E-state index contributed by atoms with van der Waals surface area (Å²) in [5, 5.41) is 51.4. The number of nitrogens with one attached hydrogen (secondary N) is 4. The number of ketones is 1. The van der Waals surface area contributed by atoms with Crippen LogP contribution in [0.15, 0.2) is 64.0 Å². The lowest BCUT2D eigenvalue weighted by atomic mass is 9.81. The van der Waals surface area contributed by atoms with Crippen molar-refractivity contribution in [2.45, 2.75) is 109 Å². The normalized spacial score (nSPS) is 18.6. The summed E-state index contributed by atoms with van der Waals surface area (Å²) in [6.07, 6.45) is 0.509. The second kappa shape index (κ2) is 29.5. The molecule has 24 nitrogen and oxygen atoms in total. The number of anilines is 1. The molecule has 2 aliphatic rings. The van der Waals surface area contributed by atoms with E-state index in [0.717, 1.165) is 11.3 Å². The molecule has 1 aromatic carbocycles. The van der Waals surface area contributed by atoms with Crippen molar-refractivity contribution in [1.82, 2.24) is 56.2 Å². The number of benzene rings is 1. The van der Waals surface area contributed by atoms with E-state index in [2.05, 4.69) is 21.3 Å². The fourth-order valence-corrected chi connectivity index (χ4v) is 16.3. The fraction of sp³-hybridized carbons (Fsp3) is 0.393. The molecule has 10 bridgehead atoms. The number of carboxylic acids is 2. The SMILES string of the molecule is CNC(=O)C[C@@H]1NC(=O)c2csc(n2)-c2ccc(-c3nc(N(CCCCC(=O)O)C(=O)C4CCC(C(=O)O)CC4)cs3)nc2-c2csc(n2)-c2csc(n2)[C@H]([C@@H](O)c2ccccc2)NC(=O)CNC(=O)c2nc(sc2COC)[C@H](C(C)C)CC(=O)c2nc1sc2C. The maximum atomic E-state index is 14.4. The predicted molar refractivity (Wildman–Crippen MR) is 345 cm³/mol. The first kappa shape index (κ1) is 66.0. The summed E-state index contributed by atoms with van der Waals surface area (Å²) < 4.78 is 5.48. The fourth-order valence-electron chi connectivity index (χ4n) is 10.6. The van der Waals surface area contributed by atoms with E-state index in [1.165, 1.54) is 70.8 Å². The van der Waals surface area contributed by atoms with Gasteiger partial charge in [-0.3, -0.25) is 43.3 Å². The van der Waals surface area contributed by atoms with Crippen LogP contribution < -0.4 is 26.2 Å². The van der Waals surface area contributed by atoms with Crippen LogP contribution in [0.25, 0.3) is 43.4 Å². The minimum absolute atomic E-state index is 0.0111. The Morgan fingerprint density at radius 3 is 2.13 bits per heavy atom. The van der Waals surface area contributed by atoms with Crippen LogP contribution in [0.4, 0.5) is 5.82 Å². The molecular weight excluding hydrogens is 1290 g/mol. The third-order valence-corrected chi connectivity index (χ3v) is 21.3. The number of carbonyl (C=O) groups is 8. The monoisotopic (exact) mass is 1350 g/mol. The van der Waals surface area contributed by atoms with Gasteiger partial charge >= 0.3 is 11.9 Å². The first-order valence-corrected chi connectivity index (χ1v) is 34.3. The van der Waals surface area contributed by atoms with E-state index in [-0.39, 0.29) is 67.1 Å². The van der Waals surface area contributed by atoms with Gasteiger partial charge in [-0.05, 0) is 69.1 Å². The van der Waals surface area contributed by atoms with Crippen molar-refractivity contribution in [1.29, 1.82) is 0 Å². The Hall–Kier alpha value is -7.97. The van der Waals surface area contributed by atoms with Gasteiger partial charge in [0.15, 0.2) is 5.78 Å². The molecule has 91 heavy (non-hydrogen) atoms. The number of aromatic nitrogens is 7. The van der Waals surface area contributed by atoms with Gasteiger partial charge in [-0.1, -0.05) is 44.2 Å². The maximum absolute atomic E-state index is 14.4. The van der Waals surface area contributed by atoms with Crippen LogP contribution in [0.2, 0.25) is 0 Å². The number of hydrogen-bond acceptors (Lipinski definition) is 23. The van der Waals surface area contributed by atoms with Crippen LogP contribution in [0, 0.1) is 24.7 Å². The van der Waals surface area contributed by atoms with E-state index in [1.807, 2.05) is 13.8 Å². The Balaban J connectivity index is 1.04. The topological polar surface area (TPSA) is 348 Å². The molecule has 1 fully saturated rings. The summed E-state index contributed by atoms with van der Waals surface area (Å²) in [7, 11) is 2.95. The largest absolute Gasteiger partial charge is 0.481 e. The number of hydrogen-bond donors (Lipinski definition) is 7. The second-order valence-corrected chi connectivity index (χ2v) is 28.0. The highest BCUT2D eigenvalue weighted by Gasteiger charge is 2.36. The number of aliphatic carboxylic acids is 2. The number of aryl methyl sites for hydroxylation is 1. The van der Waals surface area contributed by atoms with Crippen molar-refractivity contribution in [3.8, 4) is 43.4 Å². The average molecular weight is 1350 g/mol. The zero-order valence-electron chi connectivity index (χ0n) is 49.9. The van der Waals surface area contributed by atoms with Gasteiger partial charge in [0.2, 0.25) is 17.7 Å². The molecule has 0 radical (unpaired) electrons. The van der Waals surface area contributed by atoms with E-state index >= 15 is 0 Å². The van der Waals surface area contributed by atoms with Crippen LogP contribution >= 0.6 is 68.0 Å². The minimum atomic E-state index is -1.30.